The zero-order valence-electron chi connectivity index (χ0n) is 8.76. The minimum Gasteiger partial charge on any atom is -1.00 e. The summed E-state index contributed by atoms with van der Waals surface area (Å²) in [5.41, 5.74) is 0. The van der Waals surface area contributed by atoms with Crippen LogP contribution in [0.3, 0.4) is 0 Å². The maximum absolute atomic E-state index is 2.32. The molecule has 0 saturated heterocycles. The lowest BCUT2D eigenvalue weighted by Crippen LogP contribution is -3.00. The number of aromatic nitrogens is 2. The molecule has 1 aromatic heterocycles. The first-order chi connectivity index (χ1) is 5.75. The van der Waals surface area contributed by atoms with Gasteiger partial charge in [0.05, 0.1) is 13.6 Å². The van der Waals surface area contributed by atoms with E-state index in [4.69, 9.17) is 0 Å². The summed E-state index contributed by atoms with van der Waals surface area (Å²) >= 11 is 0. The molecule has 0 unspecified atom stereocenters. The lowest BCUT2D eigenvalue weighted by atomic mass is 10.2. The maximum Gasteiger partial charge on any atom is 0.253 e. The van der Waals surface area contributed by atoms with Crippen LogP contribution in [0.1, 0.15) is 32.0 Å². The van der Waals surface area contributed by atoms with Crippen molar-refractivity contribution in [1.29, 1.82) is 0 Å². The molecule has 0 radical (unpaired) electrons. The third-order valence-electron chi connectivity index (χ3n) is 2.40. The highest BCUT2D eigenvalue weighted by atomic mass is 79.9. The van der Waals surface area contributed by atoms with Gasteiger partial charge in [0, 0.05) is 6.92 Å². The molecule has 0 amide bonds. The number of unbranched alkanes of at least 4 members (excludes halogenated alkanes) is 2. The predicted molar refractivity (Wildman–Crippen MR) is 49.9 cm³/mol. The van der Waals surface area contributed by atoms with Gasteiger partial charge in [-0.05, 0) is 12.8 Å². The monoisotopic (exact) mass is 246 g/mol. The smallest absolute Gasteiger partial charge is 0.253 e. The van der Waals surface area contributed by atoms with Gasteiger partial charge in [0.2, 0.25) is 0 Å². The van der Waals surface area contributed by atoms with Crippen LogP contribution in [0.25, 0.3) is 0 Å². The zero-order valence-corrected chi connectivity index (χ0v) is 10.3. The Morgan fingerprint density at radius 1 is 1.38 bits per heavy atom. The summed E-state index contributed by atoms with van der Waals surface area (Å²) in [6.45, 7) is 5.56. The fourth-order valence-electron chi connectivity index (χ4n) is 1.37. The summed E-state index contributed by atoms with van der Waals surface area (Å²) in [7, 11) is 2.09. The standard InChI is InChI=1S/C10H19N2.BrH/c1-4-5-6-7-12-9-8-11(3)10(12)2;/h8-9H,4-7H2,1-3H3;1H/q+1;/p-1. The average Bonchev–Trinajstić information content (AvgIpc) is 2.36. The van der Waals surface area contributed by atoms with Crippen molar-refractivity contribution >= 4 is 0 Å². The summed E-state index contributed by atoms with van der Waals surface area (Å²) in [5.74, 6) is 1.34. The molecule has 13 heavy (non-hydrogen) atoms. The van der Waals surface area contributed by atoms with Crippen LogP contribution in [0.4, 0.5) is 0 Å². The van der Waals surface area contributed by atoms with Crippen molar-refractivity contribution in [3.8, 4) is 0 Å². The molecule has 0 aliphatic rings. The minimum absolute atomic E-state index is 0. The fraction of sp³-hybridized carbons (Fsp3) is 0.700. The molecular formula is C10H19BrN2. The molecule has 0 spiro atoms. The van der Waals surface area contributed by atoms with Gasteiger partial charge >= 0.3 is 0 Å². The SMILES string of the molecule is CCCCCn1cc[n+](C)c1C.[Br-]. The number of rotatable bonds is 4. The largest absolute Gasteiger partial charge is 1.00 e. The maximum atomic E-state index is 2.32. The highest BCUT2D eigenvalue weighted by Crippen LogP contribution is 1.99. The molecule has 2 nitrogen and oxygen atoms in total. The van der Waals surface area contributed by atoms with Crippen molar-refractivity contribution in [3.63, 3.8) is 0 Å². The molecule has 0 fully saturated rings. The summed E-state index contributed by atoms with van der Waals surface area (Å²) in [4.78, 5) is 0. The van der Waals surface area contributed by atoms with E-state index in [-0.39, 0.29) is 17.0 Å². The number of aryl methyl sites for hydroxylation is 2. The Kier molecular flexibility index (Phi) is 6.04. The van der Waals surface area contributed by atoms with Gasteiger partial charge in [0.1, 0.15) is 12.4 Å². The van der Waals surface area contributed by atoms with Gasteiger partial charge in [-0.15, -0.1) is 0 Å². The first-order valence-electron chi connectivity index (χ1n) is 4.77. The first-order valence-corrected chi connectivity index (χ1v) is 4.77. The van der Waals surface area contributed by atoms with E-state index in [2.05, 4.69) is 42.4 Å². The molecule has 0 aromatic carbocycles. The number of hydrogen-bond donors (Lipinski definition) is 0. The second-order valence-corrected chi connectivity index (χ2v) is 3.36. The third kappa shape index (κ3) is 3.51. The van der Waals surface area contributed by atoms with Crippen molar-refractivity contribution in [2.45, 2.75) is 39.7 Å². The van der Waals surface area contributed by atoms with Crippen molar-refractivity contribution in [3.05, 3.63) is 18.2 Å². The van der Waals surface area contributed by atoms with E-state index < -0.39 is 0 Å². The molecule has 1 heterocycles. The average molecular weight is 247 g/mol. The van der Waals surface area contributed by atoms with Crippen molar-refractivity contribution in [2.24, 2.45) is 7.05 Å². The van der Waals surface area contributed by atoms with Crippen LogP contribution in [0, 0.1) is 6.92 Å². The van der Waals surface area contributed by atoms with Gasteiger partial charge in [-0.3, -0.25) is 0 Å². The molecule has 0 atom stereocenters. The molecule has 0 aliphatic heterocycles. The number of halogens is 1. The molecule has 0 aliphatic carbocycles. The summed E-state index contributed by atoms with van der Waals surface area (Å²) < 4.78 is 4.47. The van der Waals surface area contributed by atoms with Gasteiger partial charge in [-0.1, -0.05) is 13.3 Å². The molecule has 1 aromatic rings. The number of imidazole rings is 1. The first kappa shape index (κ1) is 12.7. The van der Waals surface area contributed by atoms with E-state index >= 15 is 0 Å². The second-order valence-electron chi connectivity index (χ2n) is 3.36. The van der Waals surface area contributed by atoms with Crippen LogP contribution in [0.2, 0.25) is 0 Å². The summed E-state index contributed by atoms with van der Waals surface area (Å²) in [6, 6.07) is 0. The van der Waals surface area contributed by atoms with Crippen LogP contribution in [0.15, 0.2) is 12.4 Å². The Bertz CT molecular complexity index is 243. The van der Waals surface area contributed by atoms with Crippen molar-refractivity contribution in [2.75, 3.05) is 0 Å². The third-order valence-corrected chi connectivity index (χ3v) is 2.40. The number of hydrogen-bond acceptors (Lipinski definition) is 0. The van der Waals surface area contributed by atoms with Crippen LogP contribution < -0.4 is 21.5 Å². The lowest BCUT2D eigenvalue weighted by Gasteiger charge is -1.97. The van der Waals surface area contributed by atoms with E-state index in [9.17, 15) is 0 Å². The second kappa shape index (κ2) is 6.19. The van der Waals surface area contributed by atoms with Crippen LogP contribution in [0.5, 0.6) is 0 Å². The highest BCUT2D eigenvalue weighted by Gasteiger charge is 2.06. The molecule has 3 heteroatoms. The molecule has 76 valence electrons. The van der Waals surface area contributed by atoms with E-state index in [1.54, 1.807) is 0 Å². The molecule has 1 rings (SSSR count). The zero-order chi connectivity index (χ0) is 8.97. The Labute approximate surface area is 91.3 Å². The molecule has 0 N–H and O–H groups in total. The Hall–Kier alpha value is -0.310. The Balaban J connectivity index is 0.00000144. The van der Waals surface area contributed by atoms with Gasteiger partial charge in [-0.2, -0.15) is 0 Å². The van der Waals surface area contributed by atoms with Crippen LogP contribution in [-0.2, 0) is 13.6 Å². The van der Waals surface area contributed by atoms with E-state index in [0.29, 0.717) is 0 Å². The fourth-order valence-corrected chi connectivity index (χ4v) is 1.37. The van der Waals surface area contributed by atoms with Gasteiger partial charge in [0.25, 0.3) is 5.82 Å². The highest BCUT2D eigenvalue weighted by molar-refractivity contribution is 4.78. The van der Waals surface area contributed by atoms with Gasteiger partial charge in [-0.25, -0.2) is 9.13 Å². The topological polar surface area (TPSA) is 8.81 Å². The normalized spacial score (nSPS) is 9.77. The molecular weight excluding hydrogens is 228 g/mol. The molecule has 0 saturated carbocycles. The quantitative estimate of drug-likeness (QED) is 0.467. The van der Waals surface area contributed by atoms with E-state index in [1.165, 1.54) is 31.6 Å². The summed E-state index contributed by atoms with van der Waals surface area (Å²) in [5, 5.41) is 0. The minimum atomic E-state index is 0. The lowest BCUT2D eigenvalue weighted by molar-refractivity contribution is -0.677. The van der Waals surface area contributed by atoms with Crippen molar-refractivity contribution < 1.29 is 21.5 Å². The van der Waals surface area contributed by atoms with Crippen LogP contribution >= 0.6 is 0 Å². The van der Waals surface area contributed by atoms with Crippen molar-refractivity contribution in [1.82, 2.24) is 4.57 Å². The Morgan fingerprint density at radius 2 is 2.08 bits per heavy atom. The van der Waals surface area contributed by atoms with Gasteiger partial charge < -0.3 is 17.0 Å². The van der Waals surface area contributed by atoms with Gasteiger partial charge in [0.15, 0.2) is 0 Å². The van der Waals surface area contributed by atoms with E-state index in [1.807, 2.05) is 0 Å². The number of nitrogens with zero attached hydrogens (tertiary/aromatic N) is 2. The predicted octanol–water partition coefficient (Wildman–Crippen LogP) is -1.18. The Morgan fingerprint density at radius 3 is 2.54 bits per heavy atom. The van der Waals surface area contributed by atoms with Crippen LogP contribution in [-0.4, -0.2) is 4.57 Å². The summed E-state index contributed by atoms with van der Waals surface area (Å²) in [6.07, 6.45) is 8.20. The molecule has 0 bridgehead atoms. The van der Waals surface area contributed by atoms with E-state index in [0.717, 1.165) is 0 Å².